The van der Waals surface area contributed by atoms with Crippen LogP contribution in [0.1, 0.15) is 21.7 Å². The molecule has 0 saturated carbocycles. The van der Waals surface area contributed by atoms with Gasteiger partial charge in [-0.25, -0.2) is 4.39 Å². The van der Waals surface area contributed by atoms with Gasteiger partial charge in [-0.2, -0.15) is 0 Å². The second kappa shape index (κ2) is 6.89. The molecule has 1 aromatic heterocycles. The van der Waals surface area contributed by atoms with Gasteiger partial charge in [-0.15, -0.1) is 0 Å². The Morgan fingerprint density at radius 1 is 1.27 bits per heavy atom. The van der Waals surface area contributed by atoms with Gasteiger partial charge in [0.2, 0.25) is 5.91 Å². The van der Waals surface area contributed by atoms with E-state index in [4.69, 9.17) is 10.2 Å². The van der Waals surface area contributed by atoms with Crippen LogP contribution in [0.3, 0.4) is 0 Å². The molecule has 3 N–H and O–H groups in total. The Bertz CT molecular complexity index is 664. The molecule has 2 aromatic rings. The Balaban J connectivity index is 1.97. The van der Waals surface area contributed by atoms with Crippen LogP contribution < -0.4 is 11.1 Å². The summed E-state index contributed by atoms with van der Waals surface area (Å²) in [7, 11) is 0. The van der Waals surface area contributed by atoms with Gasteiger partial charge in [0.05, 0.1) is 12.2 Å². The maximum Gasteiger partial charge on any atom is 0.287 e. The predicted molar refractivity (Wildman–Crippen MR) is 78.6 cm³/mol. The average molecular weight is 304 g/mol. The van der Waals surface area contributed by atoms with E-state index in [9.17, 15) is 14.0 Å². The Hall–Kier alpha value is -2.63. The Kier molecular flexibility index (Phi) is 4.93. The van der Waals surface area contributed by atoms with Gasteiger partial charge in [0, 0.05) is 12.1 Å². The monoisotopic (exact) mass is 304 g/mol. The second-order valence-electron chi connectivity index (χ2n) is 5.07. The molecule has 0 fully saturated rings. The number of amides is 2. The Morgan fingerprint density at radius 2 is 1.95 bits per heavy atom. The first-order valence-electron chi connectivity index (χ1n) is 6.83. The molecular formula is C16H17FN2O3. The maximum atomic E-state index is 12.9. The molecule has 0 saturated heterocycles. The van der Waals surface area contributed by atoms with E-state index >= 15 is 0 Å². The number of halogens is 1. The average Bonchev–Trinajstić information content (AvgIpc) is 2.91. The molecule has 1 heterocycles. The van der Waals surface area contributed by atoms with Crippen LogP contribution in [0.4, 0.5) is 4.39 Å². The molecule has 116 valence electrons. The van der Waals surface area contributed by atoms with E-state index in [1.807, 2.05) is 0 Å². The summed E-state index contributed by atoms with van der Waals surface area (Å²) in [4.78, 5) is 23.5. The third kappa shape index (κ3) is 3.94. The van der Waals surface area contributed by atoms with Gasteiger partial charge < -0.3 is 15.5 Å². The van der Waals surface area contributed by atoms with Crippen molar-refractivity contribution in [3.8, 4) is 0 Å². The van der Waals surface area contributed by atoms with Crippen LogP contribution in [-0.4, -0.2) is 18.4 Å². The Labute approximate surface area is 127 Å². The van der Waals surface area contributed by atoms with E-state index in [-0.39, 0.29) is 18.1 Å². The lowest BCUT2D eigenvalue weighted by molar-refractivity contribution is -0.121. The van der Waals surface area contributed by atoms with Crippen molar-refractivity contribution >= 4 is 11.8 Å². The highest BCUT2D eigenvalue weighted by Gasteiger charge is 2.19. The Morgan fingerprint density at radius 3 is 2.50 bits per heavy atom. The highest BCUT2D eigenvalue weighted by molar-refractivity contribution is 5.93. The predicted octanol–water partition coefficient (Wildman–Crippen LogP) is 1.80. The summed E-state index contributed by atoms with van der Waals surface area (Å²) >= 11 is 0. The smallest absolute Gasteiger partial charge is 0.287 e. The normalized spacial score (nSPS) is 11.9. The summed E-state index contributed by atoms with van der Waals surface area (Å²) in [6.45, 7) is 1.84. The molecule has 0 aliphatic rings. The first-order valence-corrected chi connectivity index (χ1v) is 6.83. The third-order valence-corrected chi connectivity index (χ3v) is 3.38. The fraction of sp³-hybridized carbons (Fsp3) is 0.250. The molecule has 2 amide bonds. The molecule has 2 rings (SSSR count). The number of hydrogen-bond donors (Lipinski definition) is 2. The molecule has 1 aromatic carbocycles. The zero-order chi connectivity index (χ0) is 16.1. The van der Waals surface area contributed by atoms with Crippen LogP contribution >= 0.6 is 0 Å². The molecule has 0 spiro atoms. The van der Waals surface area contributed by atoms with Crippen molar-refractivity contribution in [2.45, 2.75) is 13.3 Å². The lowest BCUT2D eigenvalue weighted by Gasteiger charge is -2.14. The van der Waals surface area contributed by atoms with Crippen molar-refractivity contribution in [1.82, 2.24) is 5.32 Å². The summed E-state index contributed by atoms with van der Waals surface area (Å²) in [5.74, 6) is -1.63. The second-order valence-corrected chi connectivity index (χ2v) is 5.07. The zero-order valence-electron chi connectivity index (χ0n) is 12.1. The number of nitrogens with one attached hydrogen (secondary N) is 1. The molecule has 0 radical (unpaired) electrons. The quantitative estimate of drug-likeness (QED) is 0.853. The first-order chi connectivity index (χ1) is 10.5. The van der Waals surface area contributed by atoms with Gasteiger partial charge in [-0.1, -0.05) is 12.1 Å². The van der Waals surface area contributed by atoms with E-state index in [0.29, 0.717) is 12.0 Å². The van der Waals surface area contributed by atoms with Crippen molar-refractivity contribution in [1.29, 1.82) is 0 Å². The van der Waals surface area contributed by atoms with Gasteiger partial charge in [0.25, 0.3) is 5.91 Å². The van der Waals surface area contributed by atoms with E-state index in [2.05, 4.69) is 5.32 Å². The van der Waals surface area contributed by atoms with Gasteiger partial charge in [0.1, 0.15) is 5.82 Å². The first kappa shape index (κ1) is 15.8. The van der Waals surface area contributed by atoms with Crippen LogP contribution in [0.2, 0.25) is 0 Å². The van der Waals surface area contributed by atoms with Crippen LogP contribution in [0.25, 0.3) is 0 Å². The molecule has 0 bridgehead atoms. The largest absolute Gasteiger partial charge is 0.459 e. The fourth-order valence-electron chi connectivity index (χ4n) is 2.08. The van der Waals surface area contributed by atoms with Gasteiger partial charge in [-0.3, -0.25) is 9.59 Å². The van der Waals surface area contributed by atoms with Crippen LogP contribution in [0.5, 0.6) is 0 Å². The van der Waals surface area contributed by atoms with E-state index in [1.54, 1.807) is 25.1 Å². The summed E-state index contributed by atoms with van der Waals surface area (Å²) < 4.78 is 18.0. The number of nitrogens with two attached hydrogens (primary N) is 1. The van der Waals surface area contributed by atoms with Crippen molar-refractivity contribution in [2.75, 3.05) is 6.54 Å². The minimum absolute atomic E-state index is 0.0890. The van der Waals surface area contributed by atoms with Gasteiger partial charge in [-0.05, 0) is 37.1 Å². The van der Waals surface area contributed by atoms with Gasteiger partial charge in [0.15, 0.2) is 5.76 Å². The molecule has 22 heavy (non-hydrogen) atoms. The summed E-state index contributed by atoms with van der Waals surface area (Å²) in [6, 6.07) is 7.49. The van der Waals surface area contributed by atoms with E-state index in [0.717, 1.165) is 5.56 Å². The molecule has 0 aliphatic carbocycles. The molecule has 0 unspecified atom stereocenters. The lowest BCUT2D eigenvalue weighted by Crippen LogP contribution is -2.37. The topological polar surface area (TPSA) is 85.3 Å². The number of carbonyl (C=O) groups excluding carboxylic acids is 2. The highest BCUT2D eigenvalue weighted by atomic mass is 19.1. The highest BCUT2D eigenvalue weighted by Crippen LogP contribution is 2.11. The molecule has 0 aliphatic heterocycles. The van der Waals surface area contributed by atoms with Gasteiger partial charge >= 0.3 is 0 Å². The minimum Gasteiger partial charge on any atom is -0.459 e. The number of furan rings is 1. The molecular weight excluding hydrogens is 287 g/mol. The van der Waals surface area contributed by atoms with Crippen LogP contribution in [0.15, 0.2) is 41.0 Å². The third-order valence-electron chi connectivity index (χ3n) is 3.38. The lowest BCUT2D eigenvalue weighted by atomic mass is 9.98. The SMILES string of the molecule is Cc1ccoc1C(=O)NC[C@H](Cc1ccc(F)cc1)C(N)=O. The fourth-order valence-corrected chi connectivity index (χ4v) is 2.08. The number of carbonyl (C=O) groups is 2. The zero-order valence-corrected chi connectivity index (χ0v) is 12.1. The molecule has 1 atom stereocenters. The van der Waals surface area contributed by atoms with E-state index in [1.165, 1.54) is 18.4 Å². The van der Waals surface area contributed by atoms with Crippen LogP contribution in [0, 0.1) is 18.7 Å². The van der Waals surface area contributed by atoms with Crippen LogP contribution in [-0.2, 0) is 11.2 Å². The minimum atomic E-state index is -0.579. The number of primary amides is 1. The van der Waals surface area contributed by atoms with Crippen molar-refractivity contribution in [3.63, 3.8) is 0 Å². The van der Waals surface area contributed by atoms with Crippen molar-refractivity contribution in [2.24, 2.45) is 11.7 Å². The summed E-state index contributed by atoms with van der Waals surface area (Å²) in [5, 5.41) is 2.63. The van der Waals surface area contributed by atoms with Crippen molar-refractivity contribution in [3.05, 3.63) is 59.3 Å². The number of benzene rings is 1. The number of hydrogen-bond acceptors (Lipinski definition) is 3. The van der Waals surface area contributed by atoms with Crippen molar-refractivity contribution < 1.29 is 18.4 Å². The molecule has 5 nitrogen and oxygen atoms in total. The number of aryl methyl sites for hydroxylation is 1. The maximum absolute atomic E-state index is 12.9. The molecule has 6 heteroatoms. The standard InChI is InChI=1S/C16H17FN2O3/c1-10-6-7-22-14(10)16(21)19-9-12(15(18)20)8-11-2-4-13(17)5-3-11/h2-7,12H,8-9H2,1H3,(H2,18,20)(H,19,21)/t12-/m0/s1. The van der Waals surface area contributed by atoms with E-state index < -0.39 is 17.7 Å². The summed E-state index contributed by atoms with van der Waals surface area (Å²) in [6.07, 6.45) is 1.75. The summed E-state index contributed by atoms with van der Waals surface area (Å²) in [5.41, 5.74) is 6.85. The number of rotatable bonds is 6.